The van der Waals surface area contributed by atoms with Gasteiger partial charge in [-0.05, 0) is 31.2 Å². The number of aromatic nitrogens is 3. The number of hydrogen-bond donors (Lipinski definition) is 1. The number of hydrogen-bond acceptors (Lipinski definition) is 4. The van der Waals surface area contributed by atoms with Crippen molar-refractivity contribution in [1.82, 2.24) is 19.9 Å². The van der Waals surface area contributed by atoms with Crippen molar-refractivity contribution >= 4 is 17.5 Å². The highest BCUT2D eigenvalue weighted by atomic mass is 35.5. The maximum Gasteiger partial charge on any atom is 0.221 e. The standard InChI is InChI=1S/C14H15ClFN5O/c15-12-5-11(1-2-13(12)16)21-8-10(18-19-21)7-20-4-3-9(6-20)14(17)22/h1-2,5,8-9H,3-4,6-7H2,(H2,17,22)/t9-/m0/s1. The van der Waals surface area contributed by atoms with Gasteiger partial charge in [0.15, 0.2) is 0 Å². The van der Waals surface area contributed by atoms with E-state index >= 15 is 0 Å². The predicted octanol–water partition coefficient (Wildman–Crippen LogP) is 1.37. The molecule has 1 amide bonds. The second kappa shape index (κ2) is 6.02. The van der Waals surface area contributed by atoms with E-state index in [0.29, 0.717) is 18.8 Å². The lowest BCUT2D eigenvalue weighted by Gasteiger charge is -2.12. The minimum Gasteiger partial charge on any atom is -0.369 e. The van der Waals surface area contributed by atoms with E-state index < -0.39 is 5.82 Å². The van der Waals surface area contributed by atoms with E-state index in [-0.39, 0.29) is 16.8 Å². The van der Waals surface area contributed by atoms with Crippen LogP contribution in [0.25, 0.3) is 5.69 Å². The molecule has 22 heavy (non-hydrogen) atoms. The van der Waals surface area contributed by atoms with E-state index in [0.717, 1.165) is 18.7 Å². The molecule has 1 fully saturated rings. The van der Waals surface area contributed by atoms with Gasteiger partial charge >= 0.3 is 0 Å². The van der Waals surface area contributed by atoms with Crippen LogP contribution in [0.3, 0.4) is 0 Å². The Labute approximate surface area is 131 Å². The third-order valence-corrected chi connectivity index (χ3v) is 4.06. The van der Waals surface area contributed by atoms with Gasteiger partial charge in [0.1, 0.15) is 5.82 Å². The first-order chi connectivity index (χ1) is 10.5. The van der Waals surface area contributed by atoms with Crippen LogP contribution in [0.5, 0.6) is 0 Å². The fourth-order valence-corrected chi connectivity index (χ4v) is 2.74. The van der Waals surface area contributed by atoms with E-state index in [1.54, 1.807) is 16.9 Å². The van der Waals surface area contributed by atoms with Gasteiger partial charge in [-0.3, -0.25) is 9.69 Å². The van der Waals surface area contributed by atoms with Crippen molar-refractivity contribution in [2.75, 3.05) is 13.1 Å². The summed E-state index contributed by atoms with van der Waals surface area (Å²) in [6.07, 6.45) is 2.54. The number of halogens is 2. The van der Waals surface area contributed by atoms with Gasteiger partial charge in [0.05, 0.1) is 28.5 Å². The van der Waals surface area contributed by atoms with E-state index in [2.05, 4.69) is 15.2 Å². The van der Waals surface area contributed by atoms with Crippen LogP contribution in [0.2, 0.25) is 5.02 Å². The van der Waals surface area contributed by atoms with Gasteiger partial charge in [0, 0.05) is 13.1 Å². The van der Waals surface area contributed by atoms with Crippen LogP contribution < -0.4 is 5.73 Å². The summed E-state index contributed by atoms with van der Waals surface area (Å²) in [6, 6.07) is 4.36. The average molecular weight is 324 g/mol. The first-order valence-electron chi connectivity index (χ1n) is 6.91. The number of carbonyl (C=O) groups is 1. The number of likely N-dealkylation sites (tertiary alicyclic amines) is 1. The maximum atomic E-state index is 13.2. The molecule has 0 unspecified atom stereocenters. The number of nitrogens with zero attached hydrogens (tertiary/aromatic N) is 4. The molecule has 6 nitrogen and oxygen atoms in total. The molecular formula is C14H15ClFN5O. The highest BCUT2D eigenvalue weighted by molar-refractivity contribution is 6.30. The molecule has 2 N–H and O–H groups in total. The third-order valence-electron chi connectivity index (χ3n) is 3.77. The van der Waals surface area contributed by atoms with Crippen molar-refractivity contribution < 1.29 is 9.18 Å². The zero-order valence-corrected chi connectivity index (χ0v) is 12.5. The number of amides is 1. The van der Waals surface area contributed by atoms with Crippen molar-refractivity contribution in [1.29, 1.82) is 0 Å². The smallest absolute Gasteiger partial charge is 0.221 e. The van der Waals surface area contributed by atoms with Crippen LogP contribution in [0, 0.1) is 11.7 Å². The second-order valence-corrected chi connectivity index (χ2v) is 5.78. The van der Waals surface area contributed by atoms with Crippen LogP contribution in [-0.2, 0) is 11.3 Å². The summed E-state index contributed by atoms with van der Waals surface area (Å²) < 4.78 is 14.7. The molecule has 1 aromatic carbocycles. The molecule has 0 radical (unpaired) electrons. The molecule has 1 atom stereocenters. The van der Waals surface area contributed by atoms with Crippen molar-refractivity contribution in [3.63, 3.8) is 0 Å². The summed E-state index contributed by atoms with van der Waals surface area (Å²) >= 11 is 5.77. The topological polar surface area (TPSA) is 77.0 Å². The average Bonchev–Trinajstić information content (AvgIpc) is 3.12. The lowest BCUT2D eigenvalue weighted by Crippen LogP contribution is -2.27. The summed E-state index contributed by atoms with van der Waals surface area (Å²) in [6.45, 7) is 2.05. The zero-order valence-electron chi connectivity index (χ0n) is 11.7. The summed E-state index contributed by atoms with van der Waals surface area (Å²) in [5, 5.41) is 8.16. The van der Waals surface area contributed by atoms with Crippen LogP contribution in [0.1, 0.15) is 12.1 Å². The van der Waals surface area contributed by atoms with Crippen LogP contribution >= 0.6 is 11.6 Å². The molecule has 2 heterocycles. The lowest BCUT2D eigenvalue weighted by atomic mass is 10.1. The zero-order chi connectivity index (χ0) is 15.7. The van der Waals surface area contributed by atoms with Gasteiger partial charge in [0.2, 0.25) is 5.91 Å². The van der Waals surface area contributed by atoms with Gasteiger partial charge < -0.3 is 5.73 Å². The van der Waals surface area contributed by atoms with E-state index in [4.69, 9.17) is 17.3 Å². The molecule has 0 bridgehead atoms. The van der Waals surface area contributed by atoms with Crippen LogP contribution in [0.4, 0.5) is 4.39 Å². The minimum atomic E-state index is -0.472. The highest BCUT2D eigenvalue weighted by Crippen LogP contribution is 2.20. The summed E-state index contributed by atoms with van der Waals surface area (Å²) in [4.78, 5) is 13.3. The first-order valence-corrected chi connectivity index (χ1v) is 7.29. The Bertz CT molecular complexity index is 704. The van der Waals surface area contributed by atoms with Gasteiger partial charge in [-0.1, -0.05) is 16.8 Å². The van der Waals surface area contributed by atoms with Crippen LogP contribution in [0.15, 0.2) is 24.4 Å². The number of primary amides is 1. The normalized spacial score (nSPS) is 18.7. The Kier molecular flexibility index (Phi) is 4.08. The molecule has 1 aliphatic heterocycles. The van der Waals surface area contributed by atoms with Crippen molar-refractivity contribution in [2.24, 2.45) is 11.7 Å². The molecule has 0 aliphatic carbocycles. The van der Waals surface area contributed by atoms with Gasteiger partial charge in [-0.15, -0.1) is 5.10 Å². The summed E-state index contributed by atoms with van der Waals surface area (Å²) in [7, 11) is 0. The van der Waals surface area contributed by atoms with E-state index in [1.165, 1.54) is 12.1 Å². The number of rotatable bonds is 4. The van der Waals surface area contributed by atoms with Gasteiger partial charge in [0.25, 0.3) is 0 Å². The SMILES string of the molecule is NC(=O)[C@H]1CCN(Cc2cn(-c3ccc(F)c(Cl)c3)nn2)C1. The van der Waals surface area contributed by atoms with E-state index in [1.807, 2.05) is 0 Å². The summed E-state index contributed by atoms with van der Waals surface area (Å²) in [5.41, 5.74) is 6.73. The second-order valence-electron chi connectivity index (χ2n) is 5.38. The van der Waals surface area contributed by atoms with Crippen LogP contribution in [-0.4, -0.2) is 38.9 Å². The Morgan fingerprint density at radius 3 is 3.00 bits per heavy atom. The highest BCUT2D eigenvalue weighted by Gasteiger charge is 2.26. The molecular weight excluding hydrogens is 309 g/mol. The summed E-state index contributed by atoms with van der Waals surface area (Å²) in [5.74, 6) is -0.821. The Hall–Kier alpha value is -1.99. The van der Waals surface area contributed by atoms with Crippen molar-refractivity contribution in [3.05, 3.63) is 40.9 Å². The molecule has 1 aliphatic rings. The van der Waals surface area contributed by atoms with Gasteiger partial charge in [-0.2, -0.15) is 0 Å². The first kappa shape index (κ1) is 14.9. The lowest BCUT2D eigenvalue weighted by molar-refractivity contribution is -0.121. The Balaban J connectivity index is 1.69. The Morgan fingerprint density at radius 1 is 1.50 bits per heavy atom. The number of carbonyl (C=O) groups excluding carboxylic acids is 1. The van der Waals surface area contributed by atoms with Crippen molar-refractivity contribution in [2.45, 2.75) is 13.0 Å². The molecule has 0 saturated carbocycles. The molecule has 1 aromatic heterocycles. The molecule has 2 aromatic rings. The van der Waals surface area contributed by atoms with Crippen molar-refractivity contribution in [3.8, 4) is 5.69 Å². The predicted molar refractivity (Wildman–Crippen MR) is 78.9 cm³/mol. The number of nitrogens with two attached hydrogens (primary N) is 1. The van der Waals surface area contributed by atoms with Gasteiger partial charge in [-0.25, -0.2) is 9.07 Å². The molecule has 116 valence electrons. The largest absolute Gasteiger partial charge is 0.369 e. The number of benzene rings is 1. The fraction of sp³-hybridized carbons (Fsp3) is 0.357. The molecule has 0 spiro atoms. The minimum absolute atomic E-state index is 0.0402. The van der Waals surface area contributed by atoms with E-state index in [9.17, 15) is 9.18 Å². The molecule has 8 heteroatoms. The maximum absolute atomic E-state index is 13.2. The quantitative estimate of drug-likeness (QED) is 0.922. The molecule has 1 saturated heterocycles. The Morgan fingerprint density at radius 2 is 2.32 bits per heavy atom. The third kappa shape index (κ3) is 3.10. The molecule has 3 rings (SSSR count). The fourth-order valence-electron chi connectivity index (χ4n) is 2.56. The monoisotopic (exact) mass is 323 g/mol.